The van der Waals surface area contributed by atoms with Gasteiger partial charge in [-0.15, -0.1) is 0 Å². The Balaban J connectivity index is 2.27. The summed E-state index contributed by atoms with van der Waals surface area (Å²) in [6, 6.07) is 5.82. The lowest BCUT2D eigenvalue weighted by molar-refractivity contribution is 0.429. The fourth-order valence-corrected chi connectivity index (χ4v) is 1.58. The minimum absolute atomic E-state index is 0.233. The van der Waals surface area contributed by atoms with Crippen LogP contribution in [0.4, 0.5) is 6.01 Å². The van der Waals surface area contributed by atoms with Crippen LogP contribution in [0.2, 0.25) is 10.0 Å². The number of aromatic nitrogens is 2. The second-order valence-electron chi connectivity index (χ2n) is 3.85. The highest BCUT2D eigenvalue weighted by molar-refractivity contribution is 6.42. The lowest BCUT2D eigenvalue weighted by Crippen LogP contribution is -2.09. The molecule has 0 unspecified atom stereocenters. The number of benzene rings is 1. The zero-order valence-corrected chi connectivity index (χ0v) is 10.9. The largest absolute Gasteiger partial charge is 0.336 e. The summed E-state index contributed by atoms with van der Waals surface area (Å²) < 4.78 is 5.05. The number of nitrogens with one attached hydrogen (secondary N) is 1. The molecule has 0 bridgehead atoms. The maximum atomic E-state index is 5.92. The van der Waals surface area contributed by atoms with Crippen LogP contribution in [0, 0.1) is 0 Å². The Morgan fingerprint density at radius 3 is 2.65 bits per heavy atom. The SMILES string of the molecule is CC(C)Nc1nc(-c2ccc(Cl)c(Cl)c2)no1. The van der Waals surface area contributed by atoms with Crippen molar-refractivity contribution in [3.8, 4) is 11.4 Å². The Hall–Kier alpha value is -1.26. The molecule has 90 valence electrons. The summed E-state index contributed by atoms with van der Waals surface area (Å²) in [4.78, 5) is 4.20. The van der Waals surface area contributed by atoms with Crippen molar-refractivity contribution in [2.75, 3.05) is 5.32 Å². The molecular formula is C11H11Cl2N3O. The predicted molar refractivity (Wildman–Crippen MR) is 68.5 cm³/mol. The molecule has 1 aromatic heterocycles. The van der Waals surface area contributed by atoms with Gasteiger partial charge in [0.15, 0.2) is 0 Å². The van der Waals surface area contributed by atoms with Crippen LogP contribution in [0.1, 0.15) is 13.8 Å². The van der Waals surface area contributed by atoms with Crippen molar-refractivity contribution in [3.63, 3.8) is 0 Å². The van der Waals surface area contributed by atoms with Crippen molar-refractivity contribution in [3.05, 3.63) is 28.2 Å². The smallest absolute Gasteiger partial charge is 0.321 e. The van der Waals surface area contributed by atoms with Crippen molar-refractivity contribution in [2.45, 2.75) is 19.9 Å². The number of nitrogens with zero attached hydrogens (tertiary/aromatic N) is 2. The van der Waals surface area contributed by atoms with E-state index >= 15 is 0 Å². The number of anilines is 1. The molecule has 2 aromatic rings. The van der Waals surface area contributed by atoms with Gasteiger partial charge in [0.25, 0.3) is 0 Å². The maximum Gasteiger partial charge on any atom is 0.321 e. The normalized spacial score (nSPS) is 10.9. The van der Waals surface area contributed by atoms with E-state index in [2.05, 4.69) is 15.5 Å². The van der Waals surface area contributed by atoms with Gasteiger partial charge in [0.2, 0.25) is 5.82 Å². The lowest BCUT2D eigenvalue weighted by atomic mass is 10.2. The fraction of sp³-hybridized carbons (Fsp3) is 0.273. The van der Waals surface area contributed by atoms with Crippen molar-refractivity contribution in [1.82, 2.24) is 10.1 Å². The second-order valence-corrected chi connectivity index (χ2v) is 4.67. The third-order valence-corrected chi connectivity index (χ3v) is 2.76. The minimum atomic E-state index is 0.233. The zero-order valence-electron chi connectivity index (χ0n) is 9.37. The molecule has 4 nitrogen and oxygen atoms in total. The van der Waals surface area contributed by atoms with Crippen molar-refractivity contribution < 1.29 is 4.52 Å². The Morgan fingerprint density at radius 2 is 2.00 bits per heavy atom. The minimum Gasteiger partial charge on any atom is -0.336 e. The summed E-state index contributed by atoms with van der Waals surface area (Å²) >= 11 is 11.8. The standard InChI is InChI=1S/C11H11Cl2N3O/c1-6(2)14-11-15-10(16-17-11)7-3-4-8(12)9(13)5-7/h3-6H,1-2H3,(H,14,15,16). The predicted octanol–water partition coefficient (Wildman–Crippen LogP) is 3.86. The fourth-order valence-electron chi connectivity index (χ4n) is 1.28. The van der Waals surface area contributed by atoms with Gasteiger partial charge in [0.05, 0.1) is 10.0 Å². The Labute approximate surface area is 109 Å². The van der Waals surface area contributed by atoms with Crippen LogP contribution >= 0.6 is 23.2 Å². The van der Waals surface area contributed by atoms with Crippen molar-refractivity contribution in [2.24, 2.45) is 0 Å². The zero-order chi connectivity index (χ0) is 12.4. The van der Waals surface area contributed by atoms with Crippen LogP contribution in [-0.2, 0) is 0 Å². The Bertz CT molecular complexity index is 525. The van der Waals surface area contributed by atoms with Crippen LogP contribution in [-0.4, -0.2) is 16.2 Å². The summed E-state index contributed by atoms with van der Waals surface area (Å²) in [5, 5.41) is 7.85. The van der Waals surface area contributed by atoms with Crippen LogP contribution in [0.3, 0.4) is 0 Å². The number of hydrogen-bond acceptors (Lipinski definition) is 4. The van der Waals surface area contributed by atoms with E-state index in [4.69, 9.17) is 27.7 Å². The van der Waals surface area contributed by atoms with E-state index in [1.54, 1.807) is 18.2 Å². The Morgan fingerprint density at radius 1 is 1.24 bits per heavy atom. The summed E-state index contributed by atoms with van der Waals surface area (Å²) in [6.07, 6.45) is 0. The first-order valence-electron chi connectivity index (χ1n) is 5.12. The molecule has 0 amide bonds. The van der Waals surface area contributed by atoms with Gasteiger partial charge in [-0.1, -0.05) is 28.4 Å². The number of rotatable bonds is 3. The molecule has 0 fully saturated rings. The highest BCUT2D eigenvalue weighted by Crippen LogP contribution is 2.27. The summed E-state index contributed by atoms with van der Waals surface area (Å²) in [7, 11) is 0. The van der Waals surface area contributed by atoms with E-state index < -0.39 is 0 Å². The first-order valence-corrected chi connectivity index (χ1v) is 5.87. The monoisotopic (exact) mass is 271 g/mol. The van der Waals surface area contributed by atoms with Crippen LogP contribution < -0.4 is 5.32 Å². The molecule has 2 rings (SSSR count). The molecule has 17 heavy (non-hydrogen) atoms. The molecule has 0 aliphatic rings. The third-order valence-electron chi connectivity index (χ3n) is 2.02. The molecule has 0 spiro atoms. The van der Waals surface area contributed by atoms with Gasteiger partial charge in [0.1, 0.15) is 0 Å². The summed E-state index contributed by atoms with van der Waals surface area (Å²) in [6.45, 7) is 3.98. The van der Waals surface area contributed by atoms with Gasteiger partial charge >= 0.3 is 6.01 Å². The maximum absolute atomic E-state index is 5.92. The summed E-state index contributed by atoms with van der Waals surface area (Å²) in [5.41, 5.74) is 0.764. The quantitative estimate of drug-likeness (QED) is 0.921. The highest BCUT2D eigenvalue weighted by atomic mass is 35.5. The number of halogens is 2. The summed E-state index contributed by atoms with van der Waals surface area (Å²) in [5.74, 6) is 0.478. The molecule has 0 atom stereocenters. The van der Waals surface area contributed by atoms with Gasteiger partial charge in [-0.3, -0.25) is 0 Å². The molecule has 1 aromatic carbocycles. The van der Waals surface area contributed by atoms with E-state index in [-0.39, 0.29) is 6.04 Å². The number of hydrogen-bond donors (Lipinski definition) is 1. The van der Waals surface area contributed by atoms with Crippen molar-refractivity contribution >= 4 is 29.2 Å². The van der Waals surface area contributed by atoms with Gasteiger partial charge < -0.3 is 9.84 Å². The van der Waals surface area contributed by atoms with Crippen LogP contribution in [0.25, 0.3) is 11.4 Å². The highest BCUT2D eigenvalue weighted by Gasteiger charge is 2.10. The second kappa shape index (κ2) is 4.94. The average molecular weight is 272 g/mol. The van der Waals surface area contributed by atoms with Gasteiger partial charge in [-0.25, -0.2) is 0 Å². The average Bonchev–Trinajstić information content (AvgIpc) is 2.69. The molecule has 1 heterocycles. The van der Waals surface area contributed by atoms with Crippen molar-refractivity contribution in [1.29, 1.82) is 0 Å². The van der Waals surface area contributed by atoms with E-state index in [1.807, 2.05) is 13.8 Å². The molecule has 0 aliphatic carbocycles. The Kier molecular flexibility index (Phi) is 3.54. The van der Waals surface area contributed by atoms with E-state index in [1.165, 1.54) is 0 Å². The first-order chi connectivity index (χ1) is 8.06. The molecule has 0 radical (unpaired) electrons. The van der Waals surface area contributed by atoms with E-state index in [0.717, 1.165) is 5.56 Å². The van der Waals surface area contributed by atoms with E-state index in [9.17, 15) is 0 Å². The topological polar surface area (TPSA) is 51.0 Å². The molecule has 0 aliphatic heterocycles. The molecular weight excluding hydrogens is 261 g/mol. The van der Waals surface area contributed by atoms with Crippen LogP contribution in [0.5, 0.6) is 0 Å². The van der Waals surface area contributed by atoms with Gasteiger partial charge in [-0.2, -0.15) is 4.98 Å². The van der Waals surface area contributed by atoms with E-state index in [0.29, 0.717) is 21.9 Å². The third kappa shape index (κ3) is 2.90. The van der Waals surface area contributed by atoms with Gasteiger partial charge in [-0.05, 0) is 32.0 Å². The molecule has 0 saturated carbocycles. The molecule has 1 N–H and O–H groups in total. The van der Waals surface area contributed by atoms with Gasteiger partial charge in [0, 0.05) is 11.6 Å². The first kappa shape index (κ1) is 12.2. The lowest BCUT2D eigenvalue weighted by Gasteiger charge is -2.01. The molecule has 0 saturated heterocycles. The molecule has 6 heteroatoms. The van der Waals surface area contributed by atoms with Crippen LogP contribution in [0.15, 0.2) is 22.7 Å².